The molecule has 0 radical (unpaired) electrons. The molecule has 0 saturated heterocycles. The van der Waals surface area contributed by atoms with Gasteiger partial charge in [0.05, 0.1) is 19.1 Å². The summed E-state index contributed by atoms with van der Waals surface area (Å²) in [4.78, 5) is 28.4. The molecule has 1 N–H and O–H groups in total. The van der Waals surface area contributed by atoms with Crippen LogP contribution >= 0.6 is 0 Å². The molecule has 196 valence electrons. The number of aryl methyl sites for hydroxylation is 1. The van der Waals surface area contributed by atoms with Gasteiger partial charge in [0, 0.05) is 20.0 Å². The average Bonchev–Trinajstić information content (AvgIpc) is 2.89. The van der Waals surface area contributed by atoms with E-state index in [9.17, 15) is 18.0 Å². The zero-order valence-electron chi connectivity index (χ0n) is 21.5. The molecule has 0 aliphatic heterocycles. The molecule has 8 nitrogen and oxygen atoms in total. The number of nitrogens with one attached hydrogen (secondary N) is 1. The summed E-state index contributed by atoms with van der Waals surface area (Å²) in [7, 11) is -0.719. The summed E-state index contributed by atoms with van der Waals surface area (Å²) in [5, 5.41) is 2.66. The van der Waals surface area contributed by atoms with E-state index in [0.29, 0.717) is 11.4 Å². The van der Waals surface area contributed by atoms with Gasteiger partial charge in [-0.1, -0.05) is 60.2 Å². The third kappa shape index (κ3) is 7.57. The number of nitrogens with zero attached hydrogens (tertiary/aromatic N) is 2. The van der Waals surface area contributed by atoms with Crippen molar-refractivity contribution in [2.24, 2.45) is 0 Å². The average molecular weight is 524 g/mol. The summed E-state index contributed by atoms with van der Waals surface area (Å²) < 4.78 is 31.8. The lowest BCUT2D eigenvalue weighted by atomic mass is 10.0. The first-order valence-corrected chi connectivity index (χ1v) is 13.7. The van der Waals surface area contributed by atoms with E-state index < -0.39 is 28.5 Å². The molecule has 0 saturated carbocycles. The molecule has 0 spiro atoms. The van der Waals surface area contributed by atoms with E-state index in [-0.39, 0.29) is 18.9 Å². The van der Waals surface area contributed by atoms with Crippen LogP contribution in [0.5, 0.6) is 5.75 Å². The molecular weight excluding hydrogens is 490 g/mol. The first-order valence-electron chi connectivity index (χ1n) is 11.8. The third-order valence-electron chi connectivity index (χ3n) is 6.01. The van der Waals surface area contributed by atoms with E-state index in [0.717, 1.165) is 27.3 Å². The van der Waals surface area contributed by atoms with Gasteiger partial charge in [0.25, 0.3) is 0 Å². The van der Waals surface area contributed by atoms with Crippen molar-refractivity contribution in [3.05, 3.63) is 95.6 Å². The zero-order chi connectivity index (χ0) is 27.0. The number of amides is 2. The maximum absolute atomic E-state index is 13.9. The van der Waals surface area contributed by atoms with Crippen molar-refractivity contribution in [1.82, 2.24) is 10.2 Å². The summed E-state index contributed by atoms with van der Waals surface area (Å²) in [5.74, 6) is -0.235. The Kier molecular flexibility index (Phi) is 9.30. The summed E-state index contributed by atoms with van der Waals surface area (Å²) in [5.41, 5.74) is 2.96. The number of carbonyl (C=O) groups excluding carboxylic acids is 2. The normalized spacial score (nSPS) is 11.9. The van der Waals surface area contributed by atoms with Crippen molar-refractivity contribution in [1.29, 1.82) is 0 Å². The second-order valence-corrected chi connectivity index (χ2v) is 10.7. The van der Waals surface area contributed by atoms with Crippen LogP contribution in [0.2, 0.25) is 0 Å². The number of methoxy groups -OCH3 is 1. The molecule has 0 aliphatic rings. The number of ether oxygens (including phenoxy) is 1. The predicted molar refractivity (Wildman–Crippen MR) is 145 cm³/mol. The number of likely N-dealkylation sites (N-methyl/N-ethyl adjacent to an activating group) is 1. The van der Waals surface area contributed by atoms with Crippen LogP contribution in [0.25, 0.3) is 0 Å². The molecule has 0 heterocycles. The van der Waals surface area contributed by atoms with Crippen LogP contribution in [0, 0.1) is 6.92 Å². The maximum atomic E-state index is 13.9. The Morgan fingerprint density at radius 2 is 1.59 bits per heavy atom. The van der Waals surface area contributed by atoms with Gasteiger partial charge in [0.15, 0.2) is 0 Å². The minimum absolute atomic E-state index is 0.0897. The molecule has 37 heavy (non-hydrogen) atoms. The minimum Gasteiger partial charge on any atom is -0.497 e. The lowest BCUT2D eigenvalue weighted by Crippen LogP contribution is -2.52. The molecule has 0 unspecified atom stereocenters. The Bertz CT molecular complexity index is 1310. The fraction of sp³-hybridized carbons (Fsp3) is 0.286. The van der Waals surface area contributed by atoms with E-state index in [1.54, 1.807) is 49.6 Å². The number of hydrogen-bond donors (Lipinski definition) is 1. The van der Waals surface area contributed by atoms with Crippen molar-refractivity contribution in [2.75, 3.05) is 31.3 Å². The number of rotatable bonds is 11. The van der Waals surface area contributed by atoms with Crippen molar-refractivity contribution < 1.29 is 22.7 Å². The van der Waals surface area contributed by atoms with Crippen molar-refractivity contribution in [3.63, 3.8) is 0 Å². The van der Waals surface area contributed by atoms with Crippen LogP contribution in [-0.2, 0) is 32.6 Å². The number of sulfonamides is 1. The Morgan fingerprint density at radius 3 is 2.19 bits per heavy atom. The number of benzene rings is 3. The molecule has 0 bridgehead atoms. The Balaban J connectivity index is 2.02. The van der Waals surface area contributed by atoms with Crippen molar-refractivity contribution >= 4 is 27.5 Å². The quantitative estimate of drug-likeness (QED) is 0.417. The van der Waals surface area contributed by atoms with E-state index in [1.165, 1.54) is 11.9 Å². The Hall–Kier alpha value is -3.85. The summed E-state index contributed by atoms with van der Waals surface area (Å²) >= 11 is 0. The van der Waals surface area contributed by atoms with E-state index in [2.05, 4.69) is 5.32 Å². The summed E-state index contributed by atoms with van der Waals surface area (Å²) in [6.07, 6.45) is 1.33. The van der Waals surface area contributed by atoms with Gasteiger partial charge >= 0.3 is 0 Å². The second kappa shape index (κ2) is 12.4. The topological polar surface area (TPSA) is 96.0 Å². The molecule has 9 heteroatoms. The maximum Gasteiger partial charge on any atom is 0.244 e. The lowest BCUT2D eigenvalue weighted by Gasteiger charge is -2.33. The van der Waals surface area contributed by atoms with Crippen LogP contribution < -0.4 is 14.4 Å². The zero-order valence-corrected chi connectivity index (χ0v) is 22.4. The number of carbonyl (C=O) groups is 2. The fourth-order valence-corrected chi connectivity index (χ4v) is 4.86. The summed E-state index contributed by atoms with van der Waals surface area (Å²) in [6, 6.07) is 22.6. The first kappa shape index (κ1) is 27.7. The first-order chi connectivity index (χ1) is 17.6. The fourth-order valence-electron chi connectivity index (χ4n) is 4.01. The number of hydrogen-bond acceptors (Lipinski definition) is 5. The minimum atomic E-state index is -3.79. The van der Waals surface area contributed by atoms with Gasteiger partial charge in [-0.25, -0.2) is 8.42 Å². The molecule has 3 rings (SSSR count). The standard InChI is InChI=1S/C28H33N3O5S/c1-21-13-15-24(16-14-21)31(37(4,34)35)20-27(32)30(19-23-11-8-12-25(17-23)36-3)26(28(33)29-2)18-22-9-6-5-7-10-22/h5-17,26H,18-20H2,1-4H3,(H,29,33)/t26-/m1/s1. The molecule has 0 fully saturated rings. The number of anilines is 1. The highest BCUT2D eigenvalue weighted by molar-refractivity contribution is 7.92. The van der Waals surface area contributed by atoms with E-state index in [4.69, 9.17) is 4.74 Å². The van der Waals surface area contributed by atoms with Crippen molar-refractivity contribution in [2.45, 2.75) is 25.9 Å². The highest BCUT2D eigenvalue weighted by Gasteiger charge is 2.32. The van der Waals surface area contributed by atoms with Crippen LogP contribution in [0.4, 0.5) is 5.69 Å². The highest BCUT2D eigenvalue weighted by Crippen LogP contribution is 2.22. The van der Waals surface area contributed by atoms with Crippen LogP contribution in [0.1, 0.15) is 16.7 Å². The van der Waals surface area contributed by atoms with Gasteiger partial charge in [-0.05, 0) is 42.3 Å². The Labute approximate surface area is 218 Å². The van der Waals surface area contributed by atoms with Gasteiger partial charge < -0.3 is 15.0 Å². The van der Waals surface area contributed by atoms with Crippen molar-refractivity contribution in [3.8, 4) is 5.75 Å². The molecule has 1 atom stereocenters. The Morgan fingerprint density at radius 1 is 0.946 bits per heavy atom. The van der Waals surface area contributed by atoms with Gasteiger partial charge in [-0.2, -0.15) is 0 Å². The van der Waals surface area contributed by atoms with E-state index in [1.807, 2.05) is 43.3 Å². The monoisotopic (exact) mass is 523 g/mol. The van der Waals surface area contributed by atoms with E-state index >= 15 is 0 Å². The SMILES string of the molecule is CNC(=O)[C@@H](Cc1ccccc1)N(Cc1cccc(OC)c1)C(=O)CN(c1ccc(C)cc1)S(C)(=O)=O. The second-order valence-electron chi connectivity index (χ2n) is 8.80. The molecule has 3 aromatic carbocycles. The lowest BCUT2D eigenvalue weighted by molar-refractivity contribution is -0.139. The molecule has 2 amide bonds. The largest absolute Gasteiger partial charge is 0.497 e. The molecular formula is C28H33N3O5S. The van der Waals surface area contributed by atoms with Gasteiger partial charge in [0.2, 0.25) is 21.8 Å². The third-order valence-corrected chi connectivity index (χ3v) is 7.15. The molecule has 3 aromatic rings. The van der Waals surface area contributed by atoms with Gasteiger partial charge in [0.1, 0.15) is 18.3 Å². The molecule has 0 aliphatic carbocycles. The highest BCUT2D eigenvalue weighted by atomic mass is 32.2. The summed E-state index contributed by atoms with van der Waals surface area (Å²) in [6.45, 7) is 1.54. The predicted octanol–water partition coefficient (Wildman–Crippen LogP) is 3.16. The van der Waals surface area contributed by atoms with Gasteiger partial charge in [-0.15, -0.1) is 0 Å². The smallest absolute Gasteiger partial charge is 0.244 e. The molecule has 0 aromatic heterocycles. The van der Waals surface area contributed by atoms with Gasteiger partial charge in [-0.3, -0.25) is 13.9 Å². The van der Waals surface area contributed by atoms with Crippen LogP contribution in [-0.4, -0.2) is 58.1 Å². The van der Waals surface area contributed by atoms with Crippen LogP contribution in [0.3, 0.4) is 0 Å². The van der Waals surface area contributed by atoms with Crippen LogP contribution in [0.15, 0.2) is 78.9 Å².